The molecule has 2 rings (SSSR count). The highest BCUT2D eigenvalue weighted by molar-refractivity contribution is 6.33. The normalized spacial score (nSPS) is 15.8. The highest BCUT2D eigenvalue weighted by Crippen LogP contribution is 2.16. The second-order valence-corrected chi connectivity index (χ2v) is 3.65. The highest BCUT2D eigenvalue weighted by atomic mass is 16.2. The smallest absolute Gasteiger partial charge is 0.260 e. The van der Waals surface area contributed by atoms with Crippen molar-refractivity contribution < 1.29 is 9.59 Å². The number of amides is 2. The predicted octanol–water partition coefficient (Wildman–Crippen LogP) is 0.504. The summed E-state index contributed by atoms with van der Waals surface area (Å²) in [6.07, 6.45) is 3.06. The number of rotatable bonds is 2. The Morgan fingerprint density at radius 1 is 1.40 bits per heavy atom. The van der Waals surface area contributed by atoms with Crippen LogP contribution in [0.1, 0.15) is 25.6 Å². The fourth-order valence-corrected chi connectivity index (χ4v) is 1.37. The lowest BCUT2D eigenvalue weighted by molar-refractivity contribution is -0.123. The molecule has 0 saturated carbocycles. The van der Waals surface area contributed by atoms with E-state index in [1.807, 2.05) is 13.8 Å². The van der Waals surface area contributed by atoms with Gasteiger partial charge in [-0.15, -0.1) is 0 Å². The minimum Gasteiger partial charge on any atom is -0.289 e. The van der Waals surface area contributed by atoms with E-state index in [4.69, 9.17) is 0 Å². The maximum absolute atomic E-state index is 11.3. The summed E-state index contributed by atoms with van der Waals surface area (Å²) in [5, 5.41) is 6.40. The summed E-state index contributed by atoms with van der Waals surface area (Å²) in [5.74, 6) is -0.761. The second kappa shape index (κ2) is 3.34. The van der Waals surface area contributed by atoms with Crippen molar-refractivity contribution in [3.63, 3.8) is 0 Å². The molecule has 0 atom stereocenters. The van der Waals surface area contributed by atoms with Crippen molar-refractivity contribution in [2.24, 2.45) is 0 Å². The van der Waals surface area contributed by atoms with E-state index in [2.05, 4.69) is 10.4 Å². The number of hydrogen-bond donors (Lipinski definition) is 1. The van der Waals surface area contributed by atoms with Crippen LogP contribution < -0.4 is 5.32 Å². The maximum atomic E-state index is 11.3. The number of hydrogen-bond acceptors (Lipinski definition) is 3. The molecule has 2 heterocycles. The van der Waals surface area contributed by atoms with Crippen molar-refractivity contribution in [3.8, 4) is 0 Å². The minimum absolute atomic E-state index is 0.236. The third kappa shape index (κ3) is 1.68. The van der Waals surface area contributed by atoms with E-state index in [1.165, 1.54) is 6.08 Å². The van der Waals surface area contributed by atoms with E-state index in [-0.39, 0.29) is 17.9 Å². The molecule has 5 nitrogen and oxygen atoms in total. The standard InChI is InChI=1S/C10H11N3O2/c1-6(2)13-4-3-8(12-13)7-5-9(14)11-10(7)15/h3-6H,1-2H3,(H,11,14,15). The van der Waals surface area contributed by atoms with Crippen LogP contribution in [0.4, 0.5) is 0 Å². The Hall–Kier alpha value is -1.91. The van der Waals surface area contributed by atoms with Crippen molar-refractivity contribution in [1.29, 1.82) is 0 Å². The fourth-order valence-electron chi connectivity index (χ4n) is 1.37. The quantitative estimate of drug-likeness (QED) is 0.715. The van der Waals surface area contributed by atoms with E-state index in [0.29, 0.717) is 11.3 Å². The van der Waals surface area contributed by atoms with Gasteiger partial charge in [-0.25, -0.2) is 0 Å². The Kier molecular flexibility index (Phi) is 2.15. The Morgan fingerprint density at radius 3 is 2.60 bits per heavy atom. The van der Waals surface area contributed by atoms with Gasteiger partial charge in [0.05, 0.1) is 11.3 Å². The van der Waals surface area contributed by atoms with Crippen LogP contribution in [0.3, 0.4) is 0 Å². The third-order valence-corrected chi connectivity index (χ3v) is 2.17. The first kappa shape index (κ1) is 9.64. The summed E-state index contributed by atoms with van der Waals surface area (Å²) in [5.41, 5.74) is 0.867. The van der Waals surface area contributed by atoms with Crippen LogP contribution in [0, 0.1) is 0 Å². The number of aromatic nitrogens is 2. The molecule has 0 bridgehead atoms. The third-order valence-electron chi connectivity index (χ3n) is 2.17. The van der Waals surface area contributed by atoms with Gasteiger partial charge in [0.15, 0.2) is 0 Å². The molecule has 0 fully saturated rings. The van der Waals surface area contributed by atoms with Gasteiger partial charge in [-0.05, 0) is 19.9 Å². The molecule has 1 aromatic heterocycles. The van der Waals surface area contributed by atoms with E-state index in [0.717, 1.165) is 0 Å². The molecule has 1 aromatic rings. The predicted molar refractivity (Wildman–Crippen MR) is 53.7 cm³/mol. The lowest BCUT2D eigenvalue weighted by atomic mass is 10.2. The summed E-state index contributed by atoms with van der Waals surface area (Å²) in [4.78, 5) is 22.2. The first-order valence-corrected chi connectivity index (χ1v) is 4.70. The van der Waals surface area contributed by atoms with Crippen molar-refractivity contribution in [3.05, 3.63) is 24.0 Å². The van der Waals surface area contributed by atoms with Crippen LogP contribution in [0.25, 0.3) is 5.57 Å². The maximum Gasteiger partial charge on any atom is 0.260 e. The van der Waals surface area contributed by atoms with E-state index in [1.54, 1.807) is 16.9 Å². The first-order valence-electron chi connectivity index (χ1n) is 4.70. The first-order chi connectivity index (χ1) is 7.08. The molecule has 5 heteroatoms. The zero-order valence-electron chi connectivity index (χ0n) is 8.52. The van der Waals surface area contributed by atoms with Crippen LogP contribution >= 0.6 is 0 Å². The summed E-state index contributed by atoms with van der Waals surface area (Å²) in [7, 11) is 0. The summed E-state index contributed by atoms with van der Waals surface area (Å²) in [6.45, 7) is 3.98. The van der Waals surface area contributed by atoms with Crippen LogP contribution in [0.2, 0.25) is 0 Å². The van der Waals surface area contributed by atoms with Gasteiger partial charge >= 0.3 is 0 Å². The van der Waals surface area contributed by atoms with Gasteiger partial charge in [0, 0.05) is 18.3 Å². The number of imide groups is 1. The van der Waals surface area contributed by atoms with Crippen molar-refractivity contribution >= 4 is 17.4 Å². The largest absolute Gasteiger partial charge is 0.289 e. The fraction of sp³-hybridized carbons (Fsp3) is 0.300. The zero-order chi connectivity index (χ0) is 11.0. The lowest BCUT2D eigenvalue weighted by Gasteiger charge is -2.03. The molecule has 1 N–H and O–H groups in total. The molecule has 0 spiro atoms. The molecular weight excluding hydrogens is 194 g/mol. The van der Waals surface area contributed by atoms with Gasteiger partial charge in [0.2, 0.25) is 0 Å². The number of carbonyl (C=O) groups is 2. The van der Waals surface area contributed by atoms with Crippen molar-refractivity contribution in [2.45, 2.75) is 19.9 Å². The second-order valence-electron chi connectivity index (χ2n) is 3.65. The highest BCUT2D eigenvalue weighted by Gasteiger charge is 2.23. The molecule has 1 aliphatic rings. The molecule has 0 unspecified atom stereocenters. The average Bonchev–Trinajstić information content (AvgIpc) is 2.71. The van der Waals surface area contributed by atoms with Gasteiger partial charge in [-0.2, -0.15) is 5.10 Å². The molecule has 0 radical (unpaired) electrons. The van der Waals surface area contributed by atoms with Crippen LogP contribution in [0.5, 0.6) is 0 Å². The topological polar surface area (TPSA) is 64.0 Å². The van der Waals surface area contributed by atoms with Crippen LogP contribution in [0.15, 0.2) is 18.3 Å². The van der Waals surface area contributed by atoms with Crippen molar-refractivity contribution in [1.82, 2.24) is 15.1 Å². The zero-order valence-corrected chi connectivity index (χ0v) is 8.52. The van der Waals surface area contributed by atoms with Crippen LogP contribution in [-0.4, -0.2) is 21.6 Å². The average molecular weight is 205 g/mol. The molecule has 0 saturated heterocycles. The summed E-state index contributed by atoms with van der Waals surface area (Å²) >= 11 is 0. The van der Waals surface area contributed by atoms with E-state index >= 15 is 0 Å². The van der Waals surface area contributed by atoms with Gasteiger partial charge < -0.3 is 0 Å². The molecule has 0 aliphatic carbocycles. The molecule has 0 aromatic carbocycles. The number of nitrogens with zero attached hydrogens (tertiary/aromatic N) is 2. The summed E-state index contributed by atoms with van der Waals surface area (Å²) in [6, 6.07) is 1.96. The Balaban J connectivity index is 2.34. The molecule has 2 amide bonds. The van der Waals surface area contributed by atoms with E-state index in [9.17, 15) is 9.59 Å². The van der Waals surface area contributed by atoms with E-state index < -0.39 is 0 Å². The molecule has 15 heavy (non-hydrogen) atoms. The minimum atomic E-state index is -0.381. The monoisotopic (exact) mass is 205 g/mol. The van der Waals surface area contributed by atoms with Crippen LogP contribution in [-0.2, 0) is 9.59 Å². The number of nitrogens with one attached hydrogen (secondary N) is 1. The molecular formula is C10H11N3O2. The number of carbonyl (C=O) groups excluding carboxylic acids is 2. The van der Waals surface area contributed by atoms with Gasteiger partial charge in [0.25, 0.3) is 11.8 Å². The van der Waals surface area contributed by atoms with Gasteiger partial charge in [-0.3, -0.25) is 19.6 Å². The molecule has 1 aliphatic heterocycles. The Morgan fingerprint density at radius 2 is 2.13 bits per heavy atom. The van der Waals surface area contributed by atoms with Gasteiger partial charge in [-0.1, -0.05) is 0 Å². The Labute approximate surface area is 86.8 Å². The lowest BCUT2D eigenvalue weighted by Crippen LogP contribution is -2.21. The molecule has 78 valence electrons. The van der Waals surface area contributed by atoms with Crippen molar-refractivity contribution in [2.75, 3.05) is 0 Å². The summed E-state index contributed by atoms with van der Waals surface area (Å²) < 4.78 is 1.74. The Bertz CT molecular complexity index is 457. The van der Waals surface area contributed by atoms with Gasteiger partial charge in [0.1, 0.15) is 0 Å². The SMILES string of the molecule is CC(C)n1ccc(C2=CC(=O)NC2=O)n1.